The van der Waals surface area contributed by atoms with Gasteiger partial charge in [-0.1, -0.05) is 0 Å². The number of urea groups is 1. The van der Waals surface area contributed by atoms with Gasteiger partial charge in [0.25, 0.3) is 5.91 Å². The molecule has 3 fully saturated rings. The monoisotopic (exact) mass is 340 g/mol. The molecule has 3 aliphatic rings. The highest BCUT2D eigenvalue weighted by molar-refractivity contribution is 8.00. The Hall–Kier alpha value is -2.10. The number of hydrogen-bond donors (Lipinski definition) is 3. The number of rotatable bonds is 4. The molecule has 124 valence electrons. The maximum Gasteiger partial charge on any atom is 0.316 e. The van der Waals surface area contributed by atoms with E-state index in [1.807, 2.05) is 0 Å². The van der Waals surface area contributed by atoms with Crippen LogP contribution in [0.5, 0.6) is 0 Å². The number of imide groups is 3. The lowest BCUT2D eigenvalue weighted by atomic mass is 10.1. The van der Waals surface area contributed by atoms with E-state index in [0.717, 1.165) is 0 Å². The van der Waals surface area contributed by atoms with E-state index in [-0.39, 0.29) is 54.4 Å². The Morgan fingerprint density at radius 1 is 1.17 bits per heavy atom. The maximum atomic E-state index is 11.9. The van der Waals surface area contributed by atoms with Gasteiger partial charge in [-0.25, -0.2) is 9.69 Å². The molecule has 0 aromatic rings. The summed E-state index contributed by atoms with van der Waals surface area (Å²) >= 11 is 1.51. The van der Waals surface area contributed by atoms with E-state index in [1.165, 1.54) is 11.8 Å². The van der Waals surface area contributed by atoms with Gasteiger partial charge in [-0.15, -0.1) is 11.8 Å². The minimum Gasteiger partial charge on any atom is -0.347 e. The van der Waals surface area contributed by atoms with E-state index in [9.17, 15) is 24.0 Å². The molecule has 3 heterocycles. The van der Waals surface area contributed by atoms with E-state index < -0.39 is 17.7 Å². The first kappa shape index (κ1) is 15.8. The fraction of sp³-hybridized carbons (Fsp3) is 0.615. The van der Waals surface area contributed by atoms with Crippen molar-refractivity contribution in [3.8, 4) is 0 Å². The van der Waals surface area contributed by atoms with Gasteiger partial charge >= 0.3 is 6.03 Å². The summed E-state index contributed by atoms with van der Waals surface area (Å²) in [6, 6.07) is -0.173. The van der Waals surface area contributed by atoms with E-state index in [0.29, 0.717) is 11.3 Å². The summed E-state index contributed by atoms with van der Waals surface area (Å²) < 4.78 is 0. The Morgan fingerprint density at radius 2 is 1.87 bits per heavy atom. The minimum atomic E-state index is -0.698. The van der Waals surface area contributed by atoms with Gasteiger partial charge in [0.2, 0.25) is 17.7 Å². The molecule has 0 aliphatic carbocycles. The summed E-state index contributed by atoms with van der Waals surface area (Å²) in [7, 11) is 0. The number of thioether (sulfide) groups is 1. The molecule has 0 spiro atoms. The molecule has 0 bridgehead atoms. The highest BCUT2D eigenvalue weighted by Crippen LogP contribution is 2.36. The van der Waals surface area contributed by atoms with Crippen LogP contribution in [0.2, 0.25) is 0 Å². The number of hydrogen-bond acceptors (Lipinski definition) is 6. The Bertz CT molecular complexity index is 563. The van der Waals surface area contributed by atoms with Crippen molar-refractivity contribution < 1.29 is 24.0 Å². The van der Waals surface area contributed by atoms with Crippen molar-refractivity contribution in [2.24, 2.45) is 0 Å². The van der Waals surface area contributed by atoms with Gasteiger partial charge in [0, 0.05) is 24.5 Å². The number of nitrogens with one attached hydrogen (secondary N) is 3. The Labute approximate surface area is 135 Å². The second-order valence-corrected chi connectivity index (χ2v) is 7.08. The molecule has 6 amide bonds. The molecule has 3 rings (SSSR count). The Morgan fingerprint density at radius 3 is 2.52 bits per heavy atom. The summed E-state index contributed by atoms with van der Waals surface area (Å²) in [5, 5.41) is 8.00. The maximum absolute atomic E-state index is 11.9. The van der Waals surface area contributed by atoms with Crippen molar-refractivity contribution in [2.75, 3.05) is 6.54 Å². The molecular weight excluding hydrogens is 324 g/mol. The zero-order valence-corrected chi connectivity index (χ0v) is 13.0. The SMILES string of the molecule is O=C(C[C@H]1C[C@H]2NC(=O)N[C@H]2S1)NCC(=O)N1C(=O)CCC1=O. The number of carbonyl (C=O) groups is 5. The first-order valence-corrected chi connectivity index (χ1v) is 8.26. The molecule has 23 heavy (non-hydrogen) atoms. The van der Waals surface area contributed by atoms with Crippen molar-refractivity contribution in [3.63, 3.8) is 0 Å². The van der Waals surface area contributed by atoms with Crippen LogP contribution in [0.25, 0.3) is 0 Å². The highest BCUT2D eigenvalue weighted by atomic mass is 32.2. The molecule has 0 aromatic carbocycles. The quantitative estimate of drug-likeness (QED) is 0.545. The number of likely N-dealkylation sites (tertiary alicyclic amines) is 1. The highest BCUT2D eigenvalue weighted by Gasteiger charge is 2.42. The predicted octanol–water partition coefficient (Wildman–Crippen LogP) is -1.32. The fourth-order valence-corrected chi connectivity index (χ4v) is 4.42. The average molecular weight is 340 g/mol. The third-order valence-electron chi connectivity index (χ3n) is 3.96. The van der Waals surface area contributed by atoms with Crippen molar-refractivity contribution in [1.82, 2.24) is 20.9 Å². The first-order chi connectivity index (χ1) is 10.9. The number of fused-ring (bicyclic) bond motifs is 1. The van der Waals surface area contributed by atoms with E-state index >= 15 is 0 Å². The van der Waals surface area contributed by atoms with E-state index in [1.54, 1.807) is 0 Å². The lowest BCUT2D eigenvalue weighted by Gasteiger charge is -2.14. The van der Waals surface area contributed by atoms with Crippen molar-refractivity contribution in [3.05, 3.63) is 0 Å². The number of carbonyl (C=O) groups excluding carboxylic acids is 5. The molecule has 0 saturated carbocycles. The van der Waals surface area contributed by atoms with Crippen LogP contribution in [-0.4, -0.2) is 57.8 Å². The molecule has 10 heteroatoms. The van der Waals surface area contributed by atoms with Crippen molar-refractivity contribution in [1.29, 1.82) is 0 Å². The molecule has 9 nitrogen and oxygen atoms in total. The first-order valence-electron chi connectivity index (χ1n) is 7.32. The third kappa shape index (κ3) is 3.31. The summed E-state index contributed by atoms with van der Waals surface area (Å²) in [4.78, 5) is 58.3. The van der Waals surface area contributed by atoms with Gasteiger partial charge in [-0.2, -0.15) is 0 Å². The molecule has 0 radical (unpaired) electrons. The summed E-state index contributed by atoms with van der Waals surface area (Å²) in [5.41, 5.74) is 0. The lowest BCUT2D eigenvalue weighted by molar-refractivity contribution is -0.149. The largest absolute Gasteiger partial charge is 0.347 e. The zero-order chi connectivity index (χ0) is 16.6. The normalized spacial score (nSPS) is 29.3. The molecule has 0 aromatic heterocycles. The second kappa shape index (κ2) is 6.19. The summed E-state index contributed by atoms with van der Waals surface area (Å²) in [5.74, 6) is -2.05. The van der Waals surface area contributed by atoms with Crippen LogP contribution in [-0.2, 0) is 19.2 Å². The van der Waals surface area contributed by atoms with Gasteiger partial charge in [0.05, 0.1) is 18.0 Å². The van der Waals surface area contributed by atoms with Gasteiger partial charge in [0.15, 0.2) is 0 Å². The van der Waals surface area contributed by atoms with Crippen molar-refractivity contribution in [2.45, 2.75) is 42.3 Å². The lowest BCUT2D eigenvalue weighted by Crippen LogP contribution is -2.43. The van der Waals surface area contributed by atoms with E-state index in [2.05, 4.69) is 16.0 Å². The van der Waals surface area contributed by atoms with Crippen LogP contribution in [0.15, 0.2) is 0 Å². The number of nitrogens with zero attached hydrogens (tertiary/aromatic N) is 1. The fourth-order valence-electron chi connectivity index (χ4n) is 2.89. The smallest absolute Gasteiger partial charge is 0.316 e. The van der Waals surface area contributed by atoms with Crippen molar-refractivity contribution >= 4 is 41.4 Å². The predicted molar refractivity (Wildman–Crippen MR) is 79.0 cm³/mol. The Kier molecular flexibility index (Phi) is 4.24. The van der Waals surface area contributed by atoms with Crippen LogP contribution in [0.3, 0.4) is 0 Å². The van der Waals surface area contributed by atoms with E-state index in [4.69, 9.17) is 0 Å². The summed E-state index contributed by atoms with van der Waals surface area (Å²) in [6.45, 7) is -0.366. The van der Waals surface area contributed by atoms with Gasteiger partial charge in [0.1, 0.15) is 0 Å². The molecule has 3 saturated heterocycles. The molecule has 3 aliphatic heterocycles. The topological polar surface area (TPSA) is 125 Å². The standard InChI is InChI=1S/C13H16N4O5S/c18-8(4-6-3-7-12(23-6)16-13(22)15-7)14-5-11(21)17-9(19)1-2-10(17)20/h6-7,12H,1-5H2,(H,14,18)(H2,15,16,22)/t6-,7-,12+/m1/s1. The van der Waals surface area contributed by atoms with Gasteiger partial charge in [-0.3, -0.25) is 19.2 Å². The molecular formula is C13H16N4O5S. The van der Waals surface area contributed by atoms with Crippen LogP contribution in [0.1, 0.15) is 25.7 Å². The van der Waals surface area contributed by atoms with Crippen LogP contribution < -0.4 is 16.0 Å². The molecule has 0 unspecified atom stereocenters. The van der Waals surface area contributed by atoms with Crippen LogP contribution in [0, 0.1) is 0 Å². The van der Waals surface area contributed by atoms with Crippen LogP contribution in [0.4, 0.5) is 4.79 Å². The zero-order valence-electron chi connectivity index (χ0n) is 12.2. The number of amides is 6. The second-order valence-electron chi connectivity index (χ2n) is 5.64. The Balaban J connectivity index is 1.42. The minimum absolute atomic E-state index is 0.0202. The third-order valence-corrected chi connectivity index (χ3v) is 5.45. The van der Waals surface area contributed by atoms with Crippen LogP contribution >= 0.6 is 11.8 Å². The van der Waals surface area contributed by atoms with Gasteiger partial charge in [-0.05, 0) is 6.42 Å². The average Bonchev–Trinajstić information content (AvgIpc) is 3.09. The summed E-state index contributed by atoms with van der Waals surface area (Å²) in [6.07, 6.45) is 0.973. The molecule has 3 atom stereocenters. The van der Waals surface area contributed by atoms with Gasteiger partial charge < -0.3 is 16.0 Å². The molecule has 3 N–H and O–H groups in total.